The molecule has 32 heavy (non-hydrogen) atoms. The molecule has 2 aliphatic rings. The normalized spacial score (nSPS) is 20.3. The first-order valence-electron chi connectivity index (χ1n) is 10.5. The van der Waals surface area contributed by atoms with Crippen molar-refractivity contribution < 1.29 is 23.8 Å². The predicted molar refractivity (Wildman–Crippen MR) is 117 cm³/mol. The Morgan fingerprint density at radius 2 is 2.09 bits per heavy atom. The zero-order valence-electron chi connectivity index (χ0n) is 18.7. The summed E-state index contributed by atoms with van der Waals surface area (Å²) in [5.74, 6) is -0.606. The maximum Gasteiger partial charge on any atom is 0.410 e. The number of methoxy groups -OCH3 is 1. The Morgan fingerprint density at radius 3 is 2.81 bits per heavy atom. The molecule has 172 valence electrons. The second kappa shape index (κ2) is 8.09. The van der Waals surface area contributed by atoms with Gasteiger partial charge < -0.3 is 29.7 Å². The van der Waals surface area contributed by atoms with Crippen LogP contribution in [0.3, 0.4) is 0 Å². The molecule has 0 radical (unpaired) electrons. The van der Waals surface area contributed by atoms with Crippen molar-refractivity contribution in [1.29, 1.82) is 0 Å². The first-order valence-corrected chi connectivity index (χ1v) is 10.5. The van der Waals surface area contributed by atoms with Crippen molar-refractivity contribution >= 4 is 17.6 Å². The largest absolute Gasteiger partial charge is 0.504 e. The Hall–Kier alpha value is -3.14. The lowest BCUT2D eigenvalue weighted by atomic mass is 9.91. The molecule has 0 saturated carbocycles. The summed E-state index contributed by atoms with van der Waals surface area (Å²) >= 11 is 0. The predicted octanol–water partition coefficient (Wildman–Crippen LogP) is 2.86. The van der Waals surface area contributed by atoms with E-state index in [-0.39, 0.29) is 11.7 Å². The molecular formula is C22H28FN5O4. The number of hydrogen-bond donors (Lipinski definition) is 2. The van der Waals surface area contributed by atoms with Crippen LogP contribution in [0.25, 0.3) is 11.3 Å². The molecule has 1 aromatic heterocycles. The number of phenolic OH excluding ortho intramolecular Hbond substituents is 1. The number of carbonyl (C=O) groups is 1. The Morgan fingerprint density at radius 1 is 1.31 bits per heavy atom. The van der Waals surface area contributed by atoms with E-state index in [0.29, 0.717) is 44.3 Å². The van der Waals surface area contributed by atoms with Crippen LogP contribution in [0.1, 0.15) is 20.8 Å². The number of benzene rings is 1. The standard InChI is InChI=1S/C22H28FN5O4/c1-21(2,3)32-20(30)27-8-9-28-17-10-16(14-6-5-7-15(23)18(14)29)25-26-19(17)24-11-22(28,12-27)13-31-4/h5-7,10,29H,8-9,11-13H2,1-4H3,(H,24,26). The lowest BCUT2D eigenvalue weighted by Gasteiger charge is -2.53. The van der Waals surface area contributed by atoms with Crippen molar-refractivity contribution in [2.75, 3.05) is 50.1 Å². The summed E-state index contributed by atoms with van der Waals surface area (Å²) in [5.41, 5.74) is 0.227. The van der Waals surface area contributed by atoms with E-state index in [9.17, 15) is 14.3 Å². The first-order chi connectivity index (χ1) is 15.1. The molecule has 2 aliphatic heterocycles. The fourth-order valence-corrected chi connectivity index (χ4v) is 4.25. The van der Waals surface area contributed by atoms with Crippen molar-refractivity contribution in [3.05, 3.63) is 30.1 Å². The Balaban J connectivity index is 1.68. The number of nitrogens with zero attached hydrogens (tertiary/aromatic N) is 4. The molecule has 9 nitrogen and oxygen atoms in total. The number of para-hydroxylation sites is 1. The second-order valence-electron chi connectivity index (χ2n) is 9.16. The van der Waals surface area contributed by atoms with Gasteiger partial charge in [-0.25, -0.2) is 9.18 Å². The maximum absolute atomic E-state index is 13.9. The number of carbonyl (C=O) groups excluding carboxylic acids is 1. The first kappa shape index (κ1) is 22.1. The molecule has 2 aromatic rings. The van der Waals surface area contributed by atoms with E-state index in [1.807, 2.05) is 20.8 Å². The van der Waals surface area contributed by atoms with Gasteiger partial charge in [0.2, 0.25) is 0 Å². The number of amides is 1. The molecule has 1 aromatic carbocycles. The highest BCUT2D eigenvalue weighted by molar-refractivity contribution is 5.78. The molecule has 0 bridgehead atoms. The zero-order valence-corrected chi connectivity index (χ0v) is 18.7. The van der Waals surface area contributed by atoms with Crippen LogP contribution in [-0.2, 0) is 9.47 Å². The third kappa shape index (κ3) is 4.02. The van der Waals surface area contributed by atoms with Gasteiger partial charge in [-0.2, -0.15) is 0 Å². The highest BCUT2D eigenvalue weighted by Crippen LogP contribution is 2.40. The van der Waals surface area contributed by atoms with Gasteiger partial charge in [0.25, 0.3) is 0 Å². The number of phenols is 1. The summed E-state index contributed by atoms with van der Waals surface area (Å²) in [6.45, 7) is 7.75. The number of aromatic hydroxyl groups is 1. The van der Waals surface area contributed by atoms with E-state index in [1.54, 1.807) is 24.1 Å². The van der Waals surface area contributed by atoms with Gasteiger partial charge in [0.15, 0.2) is 17.4 Å². The Bertz CT molecular complexity index is 1030. The summed E-state index contributed by atoms with van der Waals surface area (Å²) in [6, 6.07) is 6.06. The van der Waals surface area contributed by atoms with Crippen molar-refractivity contribution in [1.82, 2.24) is 15.1 Å². The average molecular weight is 445 g/mol. The van der Waals surface area contributed by atoms with E-state index < -0.39 is 22.7 Å². The summed E-state index contributed by atoms with van der Waals surface area (Å²) in [7, 11) is 1.62. The monoisotopic (exact) mass is 445 g/mol. The van der Waals surface area contributed by atoms with Gasteiger partial charge in [0, 0.05) is 32.3 Å². The molecule has 1 unspecified atom stereocenters. The van der Waals surface area contributed by atoms with E-state index in [4.69, 9.17) is 9.47 Å². The number of aromatic nitrogens is 2. The summed E-state index contributed by atoms with van der Waals surface area (Å²) in [6.07, 6.45) is -0.364. The number of anilines is 2. The van der Waals surface area contributed by atoms with Crippen LogP contribution in [0.15, 0.2) is 24.3 Å². The highest BCUT2D eigenvalue weighted by atomic mass is 19.1. The molecule has 2 N–H and O–H groups in total. The minimum Gasteiger partial charge on any atom is -0.504 e. The lowest BCUT2D eigenvalue weighted by molar-refractivity contribution is 0.00954. The summed E-state index contributed by atoms with van der Waals surface area (Å²) < 4.78 is 25.0. The number of ether oxygens (including phenoxy) is 2. The number of hydrogen-bond acceptors (Lipinski definition) is 8. The third-order valence-corrected chi connectivity index (χ3v) is 5.63. The molecule has 1 saturated heterocycles. The Labute approximate surface area is 186 Å². The van der Waals surface area contributed by atoms with Crippen LogP contribution in [0.5, 0.6) is 5.75 Å². The smallest absolute Gasteiger partial charge is 0.410 e. The van der Waals surface area contributed by atoms with E-state index in [1.165, 1.54) is 12.1 Å². The quantitative estimate of drug-likeness (QED) is 0.744. The molecule has 1 fully saturated rings. The molecule has 4 rings (SSSR count). The summed E-state index contributed by atoms with van der Waals surface area (Å²) in [5, 5.41) is 21.9. The summed E-state index contributed by atoms with van der Waals surface area (Å²) in [4.78, 5) is 16.6. The van der Waals surface area contributed by atoms with Crippen molar-refractivity contribution in [2.24, 2.45) is 0 Å². The molecule has 1 atom stereocenters. The molecule has 0 aliphatic carbocycles. The fraction of sp³-hybridized carbons (Fsp3) is 0.500. The number of halogens is 1. The van der Waals surface area contributed by atoms with Crippen LogP contribution in [0.4, 0.5) is 20.7 Å². The zero-order chi connectivity index (χ0) is 23.1. The van der Waals surface area contributed by atoms with Gasteiger partial charge in [0.1, 0.15) is 5.60 Å². The fourth-order valence-electron chi connectivity index (χ4n) is 4.25. The Kier molecular flexibility index (Phi) is 5.58. The number of nitrogens with one attached hydrogen (secondary N) is 1. The van der Waals surface area contributed by atoms with E-state index >= 15 is 0 Å². The lowest BCUT2D eigenvalue weighted by Crippen LogP contribution is -2.70. The minimum atomic E-state index is -0.722. The van der Waals surface area contributed by atoms with Gasteiger partial charge in [-0.15, -0.1) is 10.2 Å². The van der Waals surface area contributed by atoms with Crippen LogP contribution in [-0.4, -0.2) is 77.3 Å². The van der Waals surface area contributed by atoms with Crippen LogP contribution in [0, 0.1) is 5.82 Å². The van der Waals surface area contributed by atoms with E-state index in [0.717, 1.165) is 5.69 Å². The molecule has 1 amide bonds. The van der Waals surface area contributed by atoms with Gasteiger partial charge in [-0.3, -0.25) is 0 Å². The number of rotatable bonds is 3. The average Bonchev–Trinajstić information content (AvgIpc) is 2.73. The second-order valence-corrected chi connectivity index (χ2v) is 9.16. The van der Waals surface area contributed by atoms with Crippen LogP contribution >= 0.6 is 0 Å². The van der Waals surface area contributed by atoms with Crippen molar-refractivity contribution in [3.8, 4) is 17.0 Å². The molecule has 0 spiro atoms. The van der Waals surface area contributed by atoms with Gasteiger partial charge in [-0.05, 0) is 39.0 Å². The molecule has 3 heterocycles. The number of piperazine rings is 1. The molecular weight excluding hydrogens is 417 g/mol. The third-order valence-electron chi connectivity index (χ3n) is 5.63. The molecule has 10 heteroatoms. The van der Waals surface area contributed by atoms with Gasteiger partial charge in [0.05, 0.1) is 30.1 Å². The van der Waals surface area contributed by atoms with E-state index in [2.05, 4.69) is 20.4 Å². The number of fused-ring (bicyclic) bond motifs is 3. The van der Waals surface area contributed by atoms with Gasteiger partial charge >= 0.3 is 6.09 Å². The van der Waals surface area contributed by atoms with Crippen molar-refractivity contribution in [3.63, 3.8) is 0 Å². The van der Waals surface area contributed by atoms with Gasteiger partial charge in [-0.1, -0.05) is 6.07 Å². The highest BCUT2D eigenvalue weighted by Gasteiger charge is 2.47. The minimum absolute atomic E-state index is 0.260. The SMILES string of the molecule is COCC12CNc3nnc(-c4cccc(F)c4O)cc3N1CCN(C(=O)OC(C)(C)C)C2. The van der Waals surface area contributed by atoms with Crippen LogP contribution < -0.4 is 10.2 Å². The topological polar surface area (TPSA) is 100 Å². The van der Waals surface area contributed by atoms with Crippen molar-refractivity contribution in [2.45, 2.75) is 31.9 Å². The van der Waals surface area contributed by atoms with Crippen LogP contribution in [0.2, 0.25) is 0 Å². The maximum atomic E-state index is 13.9.